The van der Waals surface area contributed by atoms with Gasteiger partial charge in [0.2, 0.25) is 0 Å². The Morgan fingerprint density at radius 3 is 2.27 bits per heavy atom. The molecule has 0 spiro atoms. The lowest BCUT2D eigenvalue weighted by Gasteiger charge is -2.09. The summed E-state index contributed by atoms with van der Waals surface area (Å²) < 4.78 is 50.5. The zero-order valence-electron chi connectivity index (χ0n) is 13.3. The highest BCUT2D eigenvalue weighted by Crippen LogP contribution is 2.27. The minimum atomic E-state index is -4.79. The summed E-state index contributed by atoms with van der Waals surface area (Å²) in [6.45, 7) is 1.25. The van der Waals surface area contributed by atoms with Crippen LogP contribution in [0.25, 0.3) is 22.1 Å². The van der Waals surface area contributed by atoms with Crippen molar-refractivity contribution in [3.8, 4) is 22.6 Å². The van der Waals surface area contributed by atoms with E-state index in [0.29, 0.717) is 10.9 Å². The monoisotopic (exact) mass is 364 g/mol. The largest absolute Gasteiger partial charge is 0.573 e. The highest BCUT2D eigenvalue weighted by molar-refractivity contribution is 5.83. The second kappa shape index (κ2) is 6.55. The molecule has 8 heteroatoms. The van der Waals surface area contributed by atoms with Crippen LogP contribution in [0.3, 0.4) is 0 Å². The molecule has 0 amide bonds. The van der Waals surface area contributed by atoms with Crippen molar-refractivity contribution in [2.75, 3.05) is 0 Å². The van der Waals surface area contributed by atoms with Gasteiger partial charge in [-0.2, -0.15) is 0 Å². The number of hydrogen-bond donors (Lipinski definition) is 0. The fraction of sp³-hybridized carbons (Fsp3) is 0.111. The Kier molecular flexibility index (Phi) is 4.41. The van der Waals surface area contributed by atoms with Crippen molar-refractivity contribution in [2.45, 2.75) is 13.3 Å². The summed E-state index contributed by atoms with van der Waals surface area (Å²) in [7, 11) is 0. The minimum absolute atomic E-state index is 0.177. The molecule has 2 aromatic carbocycles. The Bertz CT molecular complexity index is 1020. The van der Waals surface area contributed by atoms with Crippen LogP contribution >= 0.6 is 0 Å². The molecule has 26 heavy (non-hydrogen) atoms. The number of carbonyl (C=O) groups is 1. The first-order chi connectivity index (χ1) is 12.2. The van der Waals surface area contributed by atoms with Crippen molar-refractivity contribution in [3.05, 3.63) is 59.0 Å². The van der Waals surface area contributed by atoms with Gasteiger partial charge < -0.3 is 13.9 Å². The first-order valence-electron chi connectivity index (χ1n) is 7.34. The van der Waals surface area contributed by atoms with Gasteiger partial charge in [0, 0.05) is 18.4 Å². The Labute approximate surface area is 144 Å². The number of fused-ring (bicyclic) bond motifs is 1. The molecule has 0 saturated heterocycles. The first-order valence-corrected chi connectivity index (χ1v) is 7.34. The number of esters is 1. The lowest BCUT2D eigenvalue weighted by atomic mass is 10.1. The van der Waals surface area contributed by atoms with Gasteiger partial charge >= 0.3 is 18.0 Å². The third-order valence-electron chi connectivity index (χ3n) is 3.37. The Morgan fingerprint density at radius 2 is 1.65 bits per heavy atom. The average molecular weight is 364 g/mol. The molecule has 134 valence electrons. The second-order valence-electron chi connectivity index (χ2n) is 5.31. The molecule has 0 aliphatic heterocycles. The van der Waals surface area contributed by atoms with Gasteiger partial charge in [-0.25, -0.2) is 4.79 Å². The molecule has 0 N–H and O–H groups in total. The van der Waals surface area contributed by atoms with Crippen LogP contribution in [0.4, 0.5) is 13.2 Å². The van der Waals surface area contributed by atoms with Gasteiger partial charge in [0.25, 0.3) is 0 Å². The Hall–Kier alpha value is -3.29. The summed E-state index contributed by atoms with van der Waals surface area (Å²) in [5.41, 5.74) is 0.0898. The third kappa shape index (κ3) is 4.02. The predicted octanol–water partition coefficient (Wildman–Crippen LogP) is 4.28. The van der Waals surface area contributed by atoms with E-state index in [1.54, 1.807) is 12.1 Å². The smallest absolute Gasteiger partial charge is 0.427 e. The van der Waals surface area contributed by atoms with Crippen LogP contribution in [-0.4, -0.2) is 12.3 Å². The number of halogens is 3. The maximum Gasteiger partial charge on any atom is 0.573 e. The van der Waals surface area contributed by atoms with Crippen LogP contribution in [0.2, 0.25) is 0 Å². The highest BCUT2D eigenvalue weighted by atomic mass is 19.4. The van der Waals surface area contributed by atoms with Gasteiger partial charge in [0.1, 0.15) is 17.1 Å². The number of benzene rings is 2. The highest BCUT2D eigenvalue weighted by Gasteiger charge is 2.31. The molecule has 0 saturated carbocycles. The molecule has 0 bridgehead atoms. The van der Waals surface area contributed by atoms with Crippen LogP contribution in [0.1, 0.15) is 6.92 Å². The number of carbonyl (C=O) groups excluding carboxylic acids is 1. The van der Waals surface area contributed by atoms with E-state index in [1.807, 2.05) is 0 Å². The standard InChI is InChI=1S/C18H11F3O5/c1-10(22)24-14-7-4-12-8-15(17(23)25-16(12)9-14)11-2-5-13(6-3-11)26-18(19,20)21/h2-9H,1H3. The molecular formula is C18H11F3O5. The van der Waals surface area contributed by atoms with Crippen LogP contribution in [0.5, 0.6) is 11.5 Å². The molecule has 0 fully saturated rings. The summed E-state index contributed by atoms with van der Waals surface area (Å²) in [6.07, 6.45) is -4.79. The zero-order valence-corrected chi connectivity index (χ0v) is 13.3. The van der Waals surface area contributed by atoms with Crippen LogP contribution in [0.15, 0.2) is 57.7 Å². The van der Waals surface area contributed by atoms with E-state index in [-0.39, 0.29) is 16.9 Å². The quantitative estimate of drug-likeness (QED) is 0.394. The maximum atomic E-state index is 12.2. The van der Waals surface area contributed by atoms with E-state index >= 15 is 0 Å². The third-order valence-corrected chi connectivity index (χ3v) is 3.37. The summed E-state index contributed by atoms with van der Waals surface area (Å²) in [5.74, 6) is -0.670. The topological polar surface area (TPSA) is 65.7 Å². The normalized spacial score (nSPS) is 11.4. The number of hydrogen-bond acceptors (Lipinski definition) is 5. The van der Waals surface area contributed by atoms with Crippen LogP contribution in [-0.2, 0) is 4.79 Å². The van der Waals surface area contributed by atoms with Crippen LogP contribution < -0.4 is 15.1 Å². The fourth-order valence-corrected chi connectivity index (χ4v) is 2.36. The molecule has 0 unspecified atom stereocenters. The van der Waals surface area contributed by atoms with Crippen LogP contribution in [0, 0.1) is 0 Å². The molecule has 0 aliphatic carbocycles. The van der Waals surface area contributed by atoms with E-state index < -0.39 is 23.7 Å². The Balaban J connectivity index is 1.96. The molecule has 3 rings (SSSR count). The van der Waals surface area contributed by atoms with Gasteiger partial charge in [-0.1, -0.05) is 12.1 Å². The minimum Gasteiger partial charge on any atom is -0.427 e. The molecule has 0 aliphatic rings. The fourth-order valence-electron chi connectivity index (χ4n) is 2.36. The lowest BCUT2D eigenvalue weighted by molar-refractivity contribution is -0.274. The molecule has 0 atom stereocenters. The van der Waals surface area contributed by atoms with Crippen molar-refractivity contribution >= 4 is 16.9 Å². The van der Waals surface area contributed by atoms with Gasteiger partial charge in [-0.3, -0.25) is 4.79 Å². The molecule has 5 nitrogen and oxygen atoms in total. The molecule has 0 radical (unpaired) electrons. The second-order valence-corrected chi connectivity index (χ2v) is 5.31. The average Bonchev–Trinajstić information content (AvgIpc) is 2.53. The summed E-state index contributed by atoms with van der Waals surface area (Å²) >= 11 is 0. The molecule has 3 aromatic rings. The maximum absolute atomic E-state index is 12.2. The number of rotatable bonds is 3. The van der Waals surface area contributed by atoms with Crippen molar-refractivity contribution in [3.63, 3.8) is 0 Å². The summed E-state index contributed by atoms with van der Waals surface area (Å²) in [5, 5.41) is 0.561. The van der Waals surface area contributed by atoms with Crippen molar-refractivity contribution in [1.82, 2.24) is 0 Å². The van der Waals surface area contributed by atoms with E-state index in [2.05, 4.69) is 4.74 Å². The first kappa shape index (κ1) is 17.5. The van der Waals surface area contributed by atoms with E-state index in [9.17, 15) is 22.8 Å². The number of ether oxygens (including phenoxy) is 2. The van der Waals surface area contributed by atoms with Crippen molar-refractivity contribution in [2.24, 2.45) is 0 Å². The lowest BCUT2D eigenvalue weighted by Crippen LogP contribution is -2.17. The SMILES string of the molecule is CC(=O)Oc1ccc2cc(-c3ccc(OC(F)(F)F)cc3)c(=O)oc2c1. The van der Waals surface area contributed by atoms with Gasteiger partial charge in [0.15, 0.2) is 0 Å². The van der Waals surface area contributed by atoms with Crippen molar-refractivity contribution in [1.29, 1.82) is 0 Å². The predicted molar refractivity (Wildman–Crippen MR) is 85.9 cm³/mol. The number of alkyl halides is 3. The van der Waals surface area contributed by atoms with Gasteiger partial charge in [-0.15, -0.1) is 13.2 Å². The van der Waals surface area contributed by atoms with Gasteiger partial charge in [0.05, 0.1) is 5.56 Å². The summed E-state index contributed by atoms with van der Waals surface area (Å²) in [6, 6.07) is 10.9. The molecule has 1 aromatic heterocycles. The van der Waals surface area contributed by atoms with E-state index in [4.69, 9.17) is 9.15 Å². The molecular weight excluding hydrogens is 353 g/mol. The zero-order chi connectivity index (χ0) is 18.9. The van der Waals surface area contributed by atoms with Crippen molar-refractivity contribution < 1.29 is 31.9 Å². The van der Waals surface area contributed by atoms with E-state index in [1.165, 1.54) is 31.2 Å². The van der Waals surface area contributed by atoms with Gasteiger partial charge in [-0.05, 0) is 35.9 Å². The summed E-state index contributed by atoms with van der Waals surface area (Å²) in [4.78, 5) is 23.2. The van der Waals surface area contributed by atoms with E-state index in [0.717, 1.165) is 12.1 Å². The molecule has 1 heterocycles. The Morgan fingerprint density at radius 1 is 1.00 bits per heavy atom.